The summed E-state index contributed by atoms with van der Waals surface area (Å²) < 4.78 is 11.0. The minimum absolute atomic E-state index is 0.238. The van der Waals surface area contributed by atoms with Crippen LogP contribution in [0.15, 0.2) is 24.3 Å². The van der Waals surface area contributed by atoms with Crippen molar-refractivity contribution in [2.24, 2.45) is 0 Å². The SMILES string of the molecule is Cc1ccccc1C(O)COC1CCOCC1. The van der Waals surface area contributed by atoms with Gasteiger partial charge in [-0.15, -0.1) is 0 Å². The zero-order valence-electron chi connectivity index (χ0n) is 10.3. The van der Waals surface area contributed by atoms with Gasteiger partial charge < -0.3 is 14.6 Å². The lowest BCUT2D eigenvalue weighted by atomic mass is 10.0. The van der Waals surface area contributed by atoms with Crippen LogP contribution in [0.4, 0.5) is 0 Å². The molecule has 94 valence electrons. The standard InChI is InChI=1S/C14H20O3/c1-11-4-2-3-5-13(11)14(15)10-17-12-6-8-16-9-7-12/h2-5,12,14-15H,6-10H2,1H3. The average Bonchev–Trinajstić information content (AvgIpc) is 2.38. The molecule has 1 N–H and O–H groups in total. The monoisotopic (exact) mass is 236 g/mol. The first-order valence-corrected chi connectivity index (χ1v) is 6.20. The van der Waals surface area contributed by atoms with Crippen LogP contribution >= 0.6 is 0 Å². The van der Waals surface area contributed by atoms with E-state index in [1.54, 1.807) is 0 Å². The van der Waals surface area contributed by atoms with Gasteiger partial charge in [-0.25, -0.2) is 0 Å². The molecule has 1 atom stereocenters. The molecule has 17 heavy (non-hydrogen) atoms. The molecule has 1 aromatic carbocycles. The van der Waals surface area contributed by atoms with E-state index < -0.39 is 6.10 Å². The Labute approximate surface area is 102 Å². The molecule has 0 bridgehead atoms. The largest absolute Gasteiger partial charge is 0.386 e. The number of aryl methyl sites for hydroxylation is 1. The zero-order chi connectivity index (χ0) is 12.1. The fraction of sp³-hybridized carbons (Fsp3) is 0.571. The van der Waals surface area contributed by atoms with Crippen molar-refractivity contribution in [3.8, 4) is 0 Å². The summed E-state index contributed by atoms with van der Waals surface area (Å²) in [5, 5.41) is 10.1. The van der Waals surface area contributed by atoms with Crippen LogP contribution in [-0.2, 0) is 9.47 Å². The van der Waals surface area contributed by atoms with Crippen LogP contribution in [0.3, 0.4) is 0 Å². The highest BCUT2D eigenvalue weighted by molar-refractivity contribution is 5.27. The van der Waals surface area contributed by atoms with Gasteiger partial charge in [-0.2, -0.15) is 0 Å². The van der Waals surface area contributed by atoms with E-state index in [-0.39, 0.29) is 6.10 Å². The molecule has 3 heteroatoms. The number of hydrogen-bond acceptors (Lipinski definition) is 3. The number of aliphatic hydroxyl groups excluding tert-OH is 1. The molecule has 0 aromatic heterocycles. The van der Waals surface area contributed by atoms with Gasteiger partial charge in [-0.1, -0.05) is 24.3 Å². The Morgan fingerprint density at radius 3 is 2.76 bits per heavy atom. The molecule has 1 saturated heterocycles. The topological polar surface area (TPSA) is 38.7 Å². The van der Waals surface area contributed by atoms with Crippen LogP contribution in [0.25, 0.3) is 0 Å². The fourth-order valence-corrected chi connectivity index (χ4v) is 2.12. The molecule has 1 aromatic rings. The molecule has 1 aliphatic heterocycles. The molecule has 1 heterocycles. The predicted octanol–water partition coefficient (Wildman–Crippen LogP) is 2.22. The fourth-order valence-electron chi connectivity index (χ4n) is 2.12. The summed E-state index contributed by atoms with van der Waals surface area (Å²) >= 11 is 0. The van der Waals surface area contributed by atoms with Crippen molar-refractivity contribution in [2.45, 2.75) is 32.0 Å². The van der Waals surface area contributed by atoms with Gasteiger partial charge in [0, 0.05) is 13.2 Å². The van der Waals surface area contributed by atoms with Crippen LogP contribution in [0.5, 0.6) is 0 Å². The summed E-state index contributed by atoms with van der Waals surface area (Å²) in [7, 11) is 0. The second-order valence-electron chi connectivity index (χ2n) is 4.52. The Morgan fingerprint density at radius 1 is 1.35 bits per heavy atom. The van der Waals surface area contributed by atoms with E-state index in [9.17, 15) is 5.11 Å². The number of rotatable bonds is 4. The van der Waals surface area contributed by atoms with Gasteiger partial charge in [0.05, 0.1) is 12.7 Å². The minimum Gasteiger partial charge on any atom is -0.386 e. The molecule has 0 saturated carbocycles. The summed E-state index contributed by atoms with van der Waals surface area (Å²) in [6.45, 7) is 3.92. The van der Waals surface area contributed by atoms with E-state index in [0.717, 1.165) is 37.2 Å². The van der Waals surface area contributed by atoms with Gasteiger partial charge in [0.1, 0.15) is 6.10 Å². The number of benzene rings is 1. The Kier molecular flexibility index (Phi) is 4.54. The lowest BCUT2D eigenvalue weighted by molar-refractivity contribution is -0.0599. The van der Waals surface area contributed by atoms with Gasteiger partial charge in [0.15, 0.2) is 0 Å². The molecular formula is C14H20O3. The first-order chi connectivity index (χ1) is 8.27. The molecule has 0 spiro atoms. The first-order valence-electron chi connectivity index (χ1n) is 6.20. The van der Waals surface area contributed by atoms with Crippen LogP contribution in [-0.4, -0.2) is 31.0 Å². The summed E-state index contributed by atoms with van der Waals surface area (Å²) in [6.07, 6.45) is 1.57. The quantitative estimate of drug-likeness (QED) is 0.871. The van der Waals surface area contributed by atoms with E-state index in [1.807, 2.05) is 31.2 Å². The molecule has 3 nitrogen and oxygen atoms in total. The summed E-state index contributed by atoms with van der Waals surface area (Å²) in [4.78, 5) is 0. The minimum atomic E-state index is -0.529. The molecule has 0 radical (unpaired) electrons. The van der Waals surface area contributed by atoms with E-state index in [4.69, 9.17) is 9.47 Å². The van der Waals surface area contributed by atoms with Crippen molar-refractivity contribution in [3.05, 3.63) is 35.4 Å². The summed E-state index contributed by atoms with van der Waals surface area (Å²) in [6, 6.07) is 7.88. The van der Waals surface area contributed by atoms with E-state index in [1.165, 1.54) is 0 Å². The smallest absolute Gasteiger partial charge is 0.103 e. The molecule has 1 unspecified atom stereocenters. The van der Waals surface area contributed by atoms with Crippen molar-refractivity contribution in [1.29, 1.82) is 0 Å². The van der Waals surface area contributed by atoms with Crippen molar-refractivity contribution in [3.63, 3.8) is 0 Å². The molecule has 1 aliphatic rings. The van der Waals surface area contributed by atoms with Crippen LogP contribution < -0.4 is 0 Å². The average molecular weight is 236 g/mol. The summed E-state index contributed by atoms with van der Waals surface area (Å²) in [5.74, 6) is 0. The lowest BCUT2D eigenvalue weighted by Crippen LogP contribution is -2.25. The van der Waals surface area contributed by atoms with Crippen LogP contribution in [0.2, 0.25) is 0 Å². The molecule has 0 aliphatic carbocycles. The van der Waals surface area contributed by atoms with Gasteiger partial charge in [-0.05, 0) is 30.9 Å². The predicted molar refractivity (Wildman–Crippen MR) is 65.9 cm³/mol. The first kappa shape index (κ1) is 12.6. The third kappa shape index (κ3) is 3.53. The molecule has 2 rings (SSSR count). The highest BCUT2D eigenvalue weighted by Gasteiger charge is 2.17. The maximum Gasteiger partial charge on any atom is 0.103 e. The maximum atomic E-state index is 10.1. The third-order valence-corrected chi connectivity index (χ3v) is 3.21. The zero-order valence-corrected chi connectivity index (χ0v) is 10.3. The third-order valence-electron chi connectivity index (χ3n) is 3.21. The molecular weight excluding hydrogens is 216 g/mol. The van der Waals surface area contributed by atoms with E-state index in [0.29, 0.717) is 6.61 Å². The Hall–Kier alpha value is -0.900. The molecule has 0 amide bonds. The maximum absolute atomic E-state index is 10.1. The summed E-state index contributed by atoms with van der Waals surface area (Å²) in [5.41, 5.74) is 2.06. The van der Waals surface area contributed by atoms with Gasteiger partial charge in [0.25, 0.3) is 0 Å². The van der Waals surface area contributed by atoms with Crippen molar-refractivity contribution in [2.75, 3.05) is 19.8 Å². The number of hydrogen-bond donors (Lipinski definition) is 1. The second kappa shape index (κ2) is 6.15. The highest BCUT2D eigenvalue weighted by atomic mass is 16.5. The number of ether oxygens (including phenoxy) is 2. The van der Waals surface area contributed by atoms with Crippen molar-refractivity contribution in [1.82, 2.24) is 0 Å². The van der Waals surface area contributed by atoms with Gasteiger partial charge in [0.2, 0.25) is 0 Å². The Bertz CT molecular complexity index is 345. The van der Waals surface area contributed by atoms with Crippen molar-refractivity contribution >= 4 is 0 Å². The van der Waals surface area contributed by atoms with Crippen LogP contribution in [0.1, 0.15) is 30.1 Å². The van der Waals surface area contributed by atoms with Gasteiger partial charge >= 0.3 is 0 Å². The second-order valence-corrected chi connectivity index (χ2v) is 4.52. The van der Waals surface area contributed by atoms with E-state index in [2.05, 4.69) is 0 Å². The molecule has 1 fully saturated rings. The normalized spacial score (nSPS) is 19.2. The van der Waals surface area contributed by atoms with E-state index >= 15 is 0 Å². The lowest BCUT2D eigenvalue weighted by Gasteiger charge is -2.24. The van der Waals surface area contributed by atoms with Crippen molar-refractivity contribution < 1.29 is 14.6 Å². The Balaban J connectivity index is 1.84. The van der Waals surface area contributed by atoms with Gasteiger partial charge in [-0.3, -0.25) is 0 Å². The highest BCUT2D eigenvalue weighted by Crippen LogP contribution is 2.19. The Morgan fingerprint density at radius 2 is 2.06 bits per heavy atom. The number of aliphatic hydroxyl groups is 1. The van der Waals surface area contributed by atoms with Crippen LogP contribution in [0, 0.1) is 6.92 Å².